The number of benzene rings is 2. The quantitative estimate of drug-likeness (QED) is 0.426. The molecule has 4 rings (SSSR count). The Morgan fingerprint density at radius 1 is 0.783 bits per heavy atom. The van der Waals surface area contributed by atoms with E-state index in [4.69, 9.17) is 4.98 Å². The van der Waals surface area contributed by atoms with Crippen molar-refractivity contribution in [1.82, 2.24) is 4.98 Å². The van der Waals surface area contributed by atoms with E-state index in [1.54, 1.807) is 8.66 Å². The van der Waals surface area contributed by atoms with Gasteiger partial charge in [-0.3, -0.25) is 0 Å². The Morgan fingerprint density at radius 3 is 2.26 bits per heavy atom. The van der Waals surface area contributed by atoms with Crippen LogP contribution in [0.4, 0.5) is 0 Å². The maximum absolute atomic E-state index is 4.73. The van der Waals surface area contributed by atoms with E-state index in [-0.39, 0.29) is 0 Å². The zero-order valence-electron chi connectivity index (χ0n) is 13.6. The summed E-state index contributed by atoms with van der Waals surface area (Å²) in [5.41, 5.74) is 2.41. The Morgan fingerprint density at radius 2 is 1.52 bits per heavy atom. The first-order valence-electron chi connectivity index (χ1n) is 7.92. The zero-order chi connectivity index (χ0) is 16.0. The summed E-state index contributed by atoms with van der Waals surface area (Å²) in [6.07, 6.45) is 1.97. The van der Waals surface area contributed by atoms with Crippen LogP contribution >= 0.6 is 0 Å². The fourth-order valence-corrected chi connectivity index (χ4v) is 12.5. The molecule has 0 fully saturated rings. The van der Waals surface area contributed by atoms with Gasteiger partial charge >= 0.3 is 146 Å². The third-order valence-corrected chi connectivity index (χ3v) is 12.0. The van der Waals surface area contributed by atoms with Gasteiger partial charge in [-0.15, -0.1) is 0 Å². The molecule has 3 heteroatoms. The molecule has 0 saturated carbocycles. The van der Waals surface area contributed by atoms with Crippen molar-refractivity contribution in [2.75, 3.05) is 0 Å². The average molecular weight is 425 g/mol. The molecule has 0 aliphatic heterocycles. The van der Waals surface area contributed by atoms with Crippen LogP contribution in [0.2, 0.25) is 17.3 Å². The minimum atomic E-state index is -1.86. The van der Waals surface area contributed by atoms with Gasteiger partial charge in [0.25, 0.3) is 0 Å². The molecule has 0 saturated heterocycles. The fourth-order valence-electron chi connectivity index (χ4n) is 3.12. The Bertz CT molecular complexity index is 997. The molecule has 2 heterocycles. The van der Waals surface area contributed by atoms with Crippen LogP contribution in [0.1, 0.15) is 0 Å². The normalized spacial score (nSPS) is 12.1. The van der Waals surface area contributed by atoms with Gasteiger partial charge in [-0.1, -0.05) is 0 Å². The second-order valence-electron chi connectivity index (χ2n) is 6.94. The summed E-state index contributed by atoms with van der Waals surface area (Å²) in [4.78, 5) is 4.73. The molecular weight excluding hydrogens is 406 g/mol. The van der Waals surface area contributed by atoms with Crippen molar-refractivity contribution < 1.29 is 0 Å². The van der Waals surface area contributed by atoms with E-state index in [2.05, 4.69) is 71.9 Å². The molecule has 0 unspecified atom stereocenters. The van der Waals surface area contributed by atoms with Crippen LogP contribution < -0.4 is 4.40 Å². The number of nitrogens with zero attached hydrogens (tertiary/aromatic N) is 1. The van der Waals surface area contributed by atoms with Crippen molar-refractivity contribution in [3.63, 3.8) is 0 Å². The van der Waals surface area contributed by atoms with Gasteiger partial charge < -0.3 is 0 Å². The second-order valence-corrected chi connectivity index (χ2v) is 19.6. The number of aromatic nitrogens is 1. The zero-order valence-corrected chi connectivity index (χ0v) is 17.4. The van der Waals surface area contributed by atoms with E-state index >= 15 is 0 Å². The van der Waals surface area contributed by atoms with Crippen LogP contribution in [0.3, 0.4) is 0 Å². The molecule has 0 amide bonds. The second kappa shape index (κ2) is 5.63. The summed E-state index contributed by atoms with van der Waals surface area (Å²) in [5, 5.41) is 2.86. The maximum atomic E-state index is 4.73. The number of fused-ring (bicyclic) bond motifs is 3. The van der Waals surface area contributed by atoms with E-state index in [0.717, 1.165) is 0 Å². The molecule has 0 N–H and O–H groups in total. The van der Waals surface area contributed by atoms with E-state index in [9.17, 15) is 0 Å². The molecule has 0 spiro atoms. The van der Waals surface area contributed by atoms with Gasteiger partial charge in [-0.05, 0) is 0 Å². The Hall–Kier alpha value is -1.35. The molecule has 0 aliphatic rings. The number of hydrogen-bond donors (Lipinski definition) is 0. The van der Waals surface area contributed by atoms with Gasteiger partial charge in [0.15, 0.2) is 0 Å². The molecule has 2 aromatic heterocycles. The summed E-state index contributed by atoms with van der Waals surface area (Å²) < 4.78 is 4.74. The monoisotopic (exact) mass is 427 g/mol. The van der Waals surface area contributed by atoms with Crippen molar-refractivity contribution in [3.05, 3.63) is 60.8 Å². The van der Waals surface area contributed by atoms with E-state index in [1.165, 1.54) is 26.3 Å². The molecule has 114 valence electrons. The molecule has 4 aromatic rings. The molecule has 0 atom stereocenters. The first-order chi connectivity index (χ1) is 11.1. The molecule has 23 heavy (non-hydrogen) atoms. The fraction of sp³-hybridized carbons (Fsp3) is 0.150. The molecule has 0 bridgehead atoms. The SMILES string of the molecule is [CH3][Ge]([CH3])([CH3])[c]1cccc2c1[se]c1c(-c3ccccc3)nccc12. The number of rotatable bonds is 2. The molecular formula is C20H19GeNSe. The van der Waals surface area contributed by atoms with Crippen LogP contribution in [0.5, 0.6) is 0 Å². The van der Waals surface area contributed by atoms with Crippen molar-refractivity contribution in [3.8, 4) is 11.3 Å². The Kier molecular flexibility index (Phi) is 3.72. The van der Waals surface area contributed by atoms with Crippen molar-refractivity contribution in [2.45, 2.75) is 17.3 Å². The van der Waals surface area contributed by atoms with Gasteiger partial charge in [0.05, 0.1) is 0 Å². The van der Waals surface area contributed by atoms with Crippen molar-refractivity contribution >= 4 is 51.5 Å². The van der Waals surface area contributed by atoms with Gasteiger partial charge in [-0.2, -0.15) is 0 Å². The summed E-state index contributed by atoms with van der Waals surface area (Å²) >= 11 is -1.50. The van der Waals surface area contributed by atoms with Gasteiger partial charge in [0.2, 0.25) is 0 Å². The van der Waals surface area contributed by atoms with Crippen molar-refractivity contribution in [1.29, 1.82) is 0 Å². The Balaban J connectivity index is 2.10. The molecule has 1 nitrogen and oxygen atoms in total. The van der Waals surface area contributed by atoms with Crippen LogP contribution in [0.15, 0.2) is 60.8 Å². The standard InChI is InChI=1S/C20H19GeNSe/c1-21(2,3)17-11-7-10-15-16-12-13-22-18(20(16)23-19(15)17)14-8-5-4-6-9-14/h4-13H,1-3H3. The summed E-state index contributed by atoms with van der Waals surface area (Å²) in [5.74, 6) is 7.47. The van der Waals surface area contributed by atoms with Crippen LogP contribution in [-0.4, -0.2) is 32.8 Å². The van der Waals surface area contributed by atoms with E-state index < -0.39 is 13.3 Å². The number of pyridine rings is 1. The third kappa shape index (κ3) is 2.59. The first-order valence-corrected chi connectivity index (χ1v) is 17.0. The first kappa shape index (κ1) is 15.2. The van der Waals surface area contributed by atoms with E-state index in [1.807, 2.05) is 6.20 Å². The topological polar surface area (TPSA) is 12.9 Å². The third-order valence-electron chi connectivity index (χ3n) is 4.27. The van der Waals surface area contributed by atoms with Gasteiger partial charge in [0.1, 0.15) is 0 Å². The van der Waals surface area contributed by atoms with Crippen LogP contribution in [0, 0.1) is 0 Å². The number of hydrogen-bond acceptors (Lipinski definition) is 1. The summed E-state index contributed by atoms with van der Waals surface area (Å²) in [6.45, 7) is 0. The molecule has 0 aliphatic carbocycles. The predicted octanol–water partition coefficient (Wildman–Crippen LogP) is 4.66. The van der Waals surface area contributed by atoms with Crippen LogP contribution in [0.25, 0.3) is 30.6 Å². The van der Waals surface area contributed by atoms with Crippen LogP contribution in [-0.2, 0) is 0 Å². The summed E-state index contributed by atoms with van der Waals surface area (Å²) in [6, 6.07) is 19.7. The van der Waals surface area contributed by atoms with E-state index in [0.29, 0.717) is 14.5 Å². The Labute approximate surface area is 145 Å². The van der Waals surface area contributed by atoms with Crippen molar-refractivity contribution in [2.24, 2.45) is 0 Å². The summed E-state index contributed by atoms with van der Waals surface area (Å²) in [7, 11) is 0. The van der Waals surface area contributed by atoms with Gasteiger partial charge in [0, 0.05) is 0 Å². The average Bonchev–Trinajstić information content (AvgIpc) is 2.93. The predicted molar refractivity (Wildman–Crippen MR) is 105 cm³/mol. The molecule has 0 radical (unpaired) electrons. The molecule has 2 aromatic carbocycles. The minimum absolute atomic E-state index is 0.360. The van der Waals surface area contributed by atoms with Gasteiger partial charge in [-0.25, -0.2) is 0 Å².